The standard InChI is InChI=1S/C27H24BrN7O2/c1-35-13-10-21-24(35)26(30-16-17-8-11-29-12-9-17)34-25(32-21)18-4-3-5-20(14-18)31-27(36)33-22-15-19(28)6-7-23(22)37-2/h3-15H,16H2,1-2H3,(H,30,32,34)(H2,31,33,36). The molecule has 10 heteroatoms. The number of anilines is 3. The first-order valence-electron chi connectivity index (χ1n) is 11.5. The SMILES string of the molecule is COc1ccc(Br)cc1NC(=O)Nc1cccc(-c2nc(NCc3ccncc3)c3c(ccn3C)n2)c1. The number of ether oxygens (including phenoxy) is 1. The Kier molecular flexibility index (Phi) is 7.00. The summed E-state index contributed by atoms with van der Waals surface area (Å²) in [4.78, 5) is 26.4. The number of carbonyl (C=O) groups excluding carboxylic acids is 1. The van der Waals surface area contributed by atoms with Crippen LogP contribution in [0.2, 0.25) is 0 Å². The zero-order valence-electron chi connectivity index (χ0n) is 20.2. The van der Waals surface area contributed by atoms with Crippen molar-refractivity contribution in [2.75, 3.05) is 23.1 Å². The largest absolute Gasteiger partial charge is 0.495 e. The van der Waals surface area contributed by atoms with Crippen LogP contribution in [0, 0.1) is 0 Å². The van der Waals surface area contributed by atoms with Gasteiger partial charge in [0.05, 0.1) is 18.3 Å². The van der Waals surface area contributed by atoms with Crippen molar-refractivity contribution >= 4 is 50.2 Å². The third kappa shape index (κ3) is 5.54. The van der Waals surface area contributed by atoms with Crippen molar-refractivity contribution in [3.05, 3.63) is 89.3 Å². The number of aryl methyl sites for hydroxylation is 1. The van der Waals surface area contributed by atoms with Crippen LogP contribution in [0.4, 0.5) is 22.0 Å². The van der Waals surface area contributed by atoms with E-state index in [1.54, 1.807) is 31.6 Å². The maximum atomic E-state index is 12.7. The van der Waals surface area contributed by atoms with E-state index in [1.807, 2.05) is 66.3 Å². The van der Waals surface area contributed by atoms with Gasteiger partial charge in [-0.25, -0.2) is 14.8 Å². The van der Waals surface area contributed by atoms with Gasteiger partial charge >= 0.3 is 6.03 Å². The highest BCUT2D eigenvalue weighted by Crippen LogP contribution is 2.29. The summed E-state index contributed by atoms with van der Waals surface area (Å²) in [5.74, 6) is 1.83. The second-order valence-electron chi connectivity index (χ2n) is 8.27. The first kappa shape index (κ1) is 24.3. The number of methoxy groups -OCH3 is 1. The molecule has 3 N–H and O–H groups in total. The van der Waals surface area contributed by atoms with Crippen LogP contribution in [0.25, 0.3) is 22.4 Å². The van der Waals surface area contributed by atoms with Crippen molar-refractivity contribution in [3.8, 4) is 17.1 Å². The zero-order chi connectivity index (χ0) is 25.8. The Bertz CT molecular complexity index is 1570. The van der Waals surface area contributed by atoms with Gasteiger partial charge in [-0.2, -0.15) is 0 Å². The summed E-state index contributed by atoms with van der Waals surface area (Å²) in [6.07, 6.45) is 5.49. The van der Waals surface area contributed by atoms with E-state index < -0.39 is 6.03 Å². The Morgan fingerprint density at radius 2 is 1.86 bits per heavy atom. The molecule has 0 saturated heterocycles. The molecule has 0 spiro atoms. The number of nitrogens with zero attached hydrogens (tertiary/aromatic N) is 4. The highest BCUT2D eigenvalue weighted by atomic mass is 79.9. The number of halogens is 1. The highest BCUT2D eigenvalue weighted by molar-refractivity contribution is 9.10. The van der Waals surface area contributed by atoms with Gasteiger partial charge in [0.2, 0.25) is 0 Å². The van der Waals surface area contributed by atoms with Crippen molar-refractivity contribution in [3.63, 3.8) is 0 Å². The van der Waals surface area contributed by atoms with Crippen LogP contribution in [0.1, 0.15) is 5.56 Å². The number of aromatic nitrogens is 4. The molecule has 0 radical (unpaired) electrons. The van der Waals surface area contributed by atoms with Crippen LogP contribution in [0.5, 0.6) is 5.75 Å². The van der Waals surface area contributed by atoms with Gasteiger partial charge in [0.15, 0.2) is 11.6 Å². The predicted molar refractivity (Wildman–Crippen MR) is 149 cm³/mol. The Morgan fingerprint density at radius 1 is 1.03 bits per heavy atom. The number of hydrogen-bond donors (Lipinski definition) is 3. The number of nitrogens with one attached hydrogen (secondary N) is 3. The van der Waals surface area contributed by atoms with Crippen LogP contribution in [0.3, 0.4) is 0 Å². The Morgan fingerprint density at radius 3 is 2.68 bits per heavy atom. The second-order valence-corrected chi connectivity index (χ2v) is 9.19. The minimum atomic E-state index is -0.396. The molecule has 5 aromatic rings. The van der Waals surface area contributed by atoms with E-state index in [0.29, 0.717) is 29.5 Å². The monoisotopic (exact) mass is 557 g/mol. The van der Waals surface area contributed by atoms with E-state index in [1.165, 1.54) is 0 Å². The van der Waals surface area contributed by atoms with Crippen molar-refractivity contribution in [1.82, 2.24) is 19.5 Å². The number of hydrogen-bond acceptors (Lipinski definition) is 6. The number of benzene rings is 2. The minimum Gasteiger partial charge on any atom is -0.495 e. The van der Waals surface area contributed by atoms with Gasteiger partial charge in [0, 0.05) is 47.9 Å². The fourth-order valence-corrected chi connectivity index (χ4v) is 4.29. The zero-order valence-corrected chi connectivity index (χ0v) is 21.8. The van der Waals surface area contributed by atoms with E-state index >= 15 is 0 Å². The average molecular weight is 558 g/mol. The second kappa shape index (κ2) is 10.7. The van der Waals surface area contributed by atoms with Crippen LogP contribution in [-0.4, -0.2) is 32.7 Å². The summed E-state index contributed by atoms with van der Waals surface area (Å²) < 4.78 is 8.15. The molecule has 186 valence electrons. The van der Waals surface area contributed by atoms with Crippen LogP contribution in [-0.2, 0) is 13.6 Å². The molecule has 37 heavy (non-hydrogen) atoms. The average Bonchev–Trinajstić information content (AvgIpc) is 3.29. The molecular weight excluding hydrogens is 534 g/mol. The molecule has 0 aliphatic heterocycles. The number of rotatable bonds is 7. The fraction of sp³-hybridized carbons (Fsp3) is 0.111. The maximum Gasteiger partial charge on any atom is 0.323 e. The van der Waals surface area contributed by atoms with E-state index in [2.05, 4.69) is 36.9 Å². The van der Waals surface area contributed by atoms with Gasteiger partial charge in [-0.1, -0.05) is 28.1 Å². The van der Waals surface area contributed by atoms with Crippen molar-refractivity contribution < 1.29 is 9.53 Å². The van der Waals surface area contributed by atoms with Gasteiger partial charge in [0.1, 0.15) is 11.3 Å². The van der Waals surface area contributed by atoms with Crippen LogP contribution < -0.4 is 20.7 Å². The number of carbonyl (C=O) groups is 1. The summed E-state index contributed by atoms with van der Waals surface area (Å²) >= 11 is 3.42. The molecule has 5 rings (SSSR count). The molecule has 0 aliphatic carbocycles. The van der Waals surface area contributed by atoms with Gasteiger partial charge in [-0.05, 0) is 54.1 Å². The molecule has 0 bridgehead atoms. The maximum absolute atomic E-state index is 12.7. The molecular formula is C27H24BrN7O2. The summed E-state index contributed by atoms with van der Waals surface area (Å²) in [7, 11) is 3.52. The predicted octanol–water partition coefficient (Wildman–Crippen LogP) is 6.06. The van der Waals surface area contributed by atoms with E-state index in [4.69, 9.17) is 14.7 Å². The van der Waals surface area contributed by atoms with E-state index in [-0.39, 0.29) is 0 Å². The Labute approximate surface area is 222 Å². The highest BCUT2D eigenvalue weighted by Gasteiger charge is 2.14. The van der Waals surface area contributed by atoms with E-state index in [0.717, 1.165) is 32.5 Å². The molecule has 0 atom stereocenters. The van der Waals surface area contributed by atoms with E-state index in [9.17, 15) is 4.79 Å². The number of urea groups is 1. The van der Waals surface area contributed by atoms with Gasteiger partial charge in [-0.15, -0.1) is 0 Å². The number of amides is 2. The molecule has 2 amide bonds. The van der Waals surface area contributed by atoms with Crippen molar-refractivity contribution in [2.24, 2.45) is 7.05 Å². The Balaban J connectivity index is 1.39. The third-order valence-electron chi connectivity index (χ3n) is 5.72. The summed E-state index contributed by atoms with van der Waals surface area (Å²) in [5, 5.41) is 9.13. The lowest BCUT2D eigenvalue weighted by atomic mass is 10.2. The molecule has 0 unspecified atom stereocenters. The lowest BCUT2D eigenvalue weighted by Gasteiger charge is -2.13. The number of fused-ring (bicyclic) bond motifs is 1. The van der Waals surface area contributed by atoms with Gasteiger partial charge in [-0.3, -0.25) is 4.98 Å². The summed E-state index contributed by atoms with van der Waals surface area (Å²) in [6, 6.07) is 18.3. The molecule has 9 nitrogen and oxygen atoms in total. The van der Waals surface area contributed by atoms with Crippen LogP contribution >= 0.6 is 15.9 Å². The summed E-state index contributed by atoms with van der Waals surface area (Å²) in [6.45, 7) is 0.597. The Hall–Kier alpha value is -4.44. The van der Waals surface area contributed by atoms with Crippen molar-refractivity contribution in [1.29, 1.82) is 0 Å². The molecule has 0 fully saturated rings. The molecule has 0 aliphatic rings. The molecule has 3 heterocycles. The molecule has 2 aromatic carbocycles. The van der Waals surface area contributed by atoms with Gasteiger partial charge in [0.25, 0.3) is 0 Å². The fourth-order valence-electron chi connectivity index (χ4n) is 3.93. The summed E-state index contributed by atoms with van der Waals surface area (Å²) in [5.41, 5.74) is 4.75. The third-order valence-corrected chi connectivity index (χ3v) is 6.21. The number of pyridine rings is 1. The lowest BCUT2D eigenvalue weighted by molar-refractivity contribution is 0.262. The first-order chi connectivity index (χ1) is 18.0. The topological polar surface area (TPSA) is 106 Å². The molecule has 0 saturated carbocycles. The van der Waals surface area contributed by atoms with Crippen LogP contribution in [0.15, 0.2) is 83.7 Å². The normalized spacial score (nSPS) is 10.8. The molecule has 3 aromatic heterocycles. The first-order valence-corrected chi connectivity index (χ1v) is 12.3. The smallest absolute Gasteiger partial charge is 0.323 e. The van der Waals surface area contributed by atoms with Gasteiger partial charge < -0.3 is 25.3 Å². The minimum absolute atomic E-state index is 0.396. The lowest BCUT2D eigenvalue weighted by Crippen LogP contribution is -2.19. The quantitative estimate of drug-likeness (QED) is 0.224. The van der Waals surface area contributed by atoms with Crippen molar-refractivity contribution in [2.45, 2.75) is 6.54 Å².